The van der Waals surface area contributed by atoms with Crippen LogP contribution in [0.3, 0.4) is 0 Å². The van der Waals surface area contributed by atoms with Crippen LogP contribution in [0, 0.1) is 5.92 Å². The van der Waals surface area contributed by atoms with Crippen LogP contribution in [0.1, 0.15) is 46.0 Å². The molecule has 0 bridgehead atoms. The van der Waals surface area contributed by atoms with Crippen molar-refractivity contribution in [2.45, 2.75) is 51.9 Å². The summed E-state index contributed by atoms with van der Waals surface area (Å²) in [6.07, 6.45) is 4.43. The summed E-state index contributed by atoms with van der Waals surface area (Å²) in [5.41, 5.74) is 1.18. The Hall–Kier alpha value is -1.52. The minimum atomic E-state index is -2.92. The third-order valence-electron chi connectivity index (χ3n) is 3.58. The molecule has 22 heavy (non-hydrogen) atoms. The predicted octanol–water partition coefficient (Wildman–Crippen LogP) is 5.12. The van der Waals surface area contributed by atoms with E-state index in [2.05, 4.69) is 6.58 Å². The van der Waals surface area contributed by atoms with E-state index in [1.54, 1.807) is 6.92 Å². The van der Waals surface area contributed by atoms with E-state index >= 15 is 0 Å². The highest BCUT2D eigenvalue weighted by Crippen LogP contribution is 2.36. The second-order valence-corrected chi connectivity index (χ2v) is 5.63. The number of hydrogen-bond donors (Lipinski definition) is 0. The molecule has 0 aliphatic heterocycles. The summed E-state index contributed by atoms with van der Waals surface area (Å²) in [6, 6.07) is 0. The standard InChI is InChI=1S/C17H23F3O2/c1-4-22-16(21)7-5-6-12(2)10-13-8-9-14(11-15(13)18)17(3,19)20/h8,11,14H,2,4-7,9-10H2,1,3H3. The Balaban J connectivity index is 2.41. The Bertz CT molecular complexity index is 473. The Morgan fingerprint density at radius 1 is 1.45 bits per heavy atom. The summed E-state index contributed by atoms with van der Waals surface area (Å²) in [7, 11) is 0. The number of halogens is 3. The molecule has 0 fully saturated rings. The number of hydrogen-bond acceptors (Lipinski definition) is 2. The molecule has 124 valence electrons. The van der Waals surface area contributed by atoms with Crippen molar-refractivity contribution < 1.29 is 22.7 Å². The number of ether oxygens (including phenoxy) is 1. The van der Waals surface area contributed by atoms with Gasteiger partial charge in [-0.25, -0.2) is 13.2 Å². The molecule has 1 rings (SSSR count). The topological polar surface area (TPSA) is 26.3 Å². The van der Waals surface area contributed by atoms with Crippen molar-refractivity contribution in [2.24, 2.45) is 5.92 Å². The van der Waals surface area contributed by atoms with Crippen LogP contribution in [0.5, 0.6) is 0 Å². The van der Waals surface area contributed by atoms with Gasteiger partial charge in [-0.05, 0) is 51.2 Å². The highest BCUT2D eigenvalue weighted by Gasteiger charge is 2.34. The van der Waals surface area contributed by atoms with E-state index in [9.17, 15) is 18.0 Å². The molecule has 2 nitrogen and oxygen atoms in total. The van der Waals surface area contributed by atoms with Gasteiger partial charge >= 0.3 is 5.97 Å². The smallest absolute Gasteiger partial charge is 0.305 e. The van der Waals surface area contributed by atoms with Crippen LogP contribution >= 0.6 is 0 Å². The summed E-state index contributed by atoms with van der Waals surface area (Å²) >= 11 is 0. The lowest BCUT2D eigenvalue weighted by Crippen LogP contribution is -2.24. The Morgan fingerprint density at radius 2 is 2.14 bits per heavy atom. The molecular formula is C17H23F3O2. The maximum Gasteiger partial charge on any atom is 0.305 e. The molecule has 0 aromatic rings. The van der Waals surface area contributed by atoms with E-state index in [-0.39, 0.29) is 12.4 Å². The molecular weight excluding hydrogens is 293 g/mol. The molecule has 1 aliphatic rings. The lowest BCUT2D eigenvalue weighted by Gasteiger charge is -2.23. The van der Waals surface area contributed by atoms with Gasteiger partial charge in [0.25, 0.3) is 5.92 Å². The van der Waals surface area contributed by atoms with Crippen LogP contribution in [-0.4, -0.2) is 18.5 Å². The van der Waals surface area contributed by atoms with Crippen molar-refractivity contribution in [3.8, 4) is 0 Å². The fraction of sp³-hybridized carbons (Fsp3) is 0.588. The molecule has 0 radical (unpaired) electrons. The summed E-state index contributed by atoms with van der Waals surface area (Å²) in [5.74, 6) is -4.86. The van der Waals surface area contributed by atoms with Gasteiger partial charge in [0.05, 0.1) is 6.61 Å². The van der Waals surface area contributed by atoms with Gasteiger partial charge < -0.3 is 4.74 Å². The van der Waals surface area contributed by atoms with Crippen LogP contribution in [0.4, 0.5) is 13.2 Å². The maximum absolute atomic E-state index is 13.9. The number of alkyl halides is 2. The van der Waals surface area contributed by atoms with E-state index in [1.165, 1.54) is 6.08 Å². The molecule has 0 spiro atoms. The Kier molecular flexibility index (Phi) is 6.91. The van der Waals surface area contributed by atoms with Gasteiger partial charge in [-0.15, -0.1) is 0 Å². The first-order chi connectivity index (χ1) is 10.2. The second kappa shape index (κ2) is 8.20. The monoisotopic (exact) mass is 316 g/mol. The van der Waals surface area contributed by atoms with Crippen LogP contribution in [0.15, 0.2) is 35.7 Å². The van der Waals surface area contributed by atoms with E-state index in [0.29, 0.717) is 37.9 Å². The zero-order valence-corrected chi connectivity index (χ0v) is 13.1. The first-order valence-electron chi connectivity index (χ1n) is 7.50. The van der Waals surface area contributed by atoms with E-state index in [0.717, 1.165) is 18.6 Å². The summed E-state index contributed by atoms with van der Waals surface area (Å²) < 4.78 is 45.0. The summed E-state index contributed by atoms with van der Waals surface area (Å²) in [4.78, 5) is 11.2. The molecule has 0 amide bonds. The molecule has 1 atom stereocenters. The van der Waals surface area contributed by atoms with Crippen LogP contribution in [0.2, 0.25) is 0 Å². The molecule has 0 aromatic heterocycles. The predicted molar refractivity (Wildman–Crippen MR) is 80.2 cm³/mol. The minimum absolute atomic E-state index is 0.127. The van der Waals surface area contributed by atoms with Crippen molar-refractivity contribution in [1.82, 2.24) is 0 Å². The molecule has 5 heteroatoms. The fourth-order valence-corrected chi connectivity index (χ4v) is 2.30. The normalized spacial score (nSPS) is 18.5. The van der Waals surface area contributed by atoms with E-state index in [1.807, 2.05) is 0 Å². The number of esters is 1. The highest BCUT2D eigenvalue weighted by atomic mass is 19.3. The lowest BCUT2D eigenvalue weighted by molar-refractivity contribution is -0.143. The lowest BCUT2D eigenvalue weighted by atomic mass is 9.88. The maximum atomic E-state index is 13.9. The molecule has 0 N–H and O–H groups in total. The van der Waals surface area contributed by atoms with Crippen molar-refractivity contribution >= 4 is 5.97 Å². The number of rotatable bonds is 8. The first kappa shape index (κ1) is 18.5. The van der Waals surface area contributed by atoms with E-state index in [4.69, 9.17) is 4.74 Å². The third kappa shape index (κ3) is 6.08. The Labute approximate surface area is 129 Å². The summed E-state index contributed by atoms with van der Waals surface area (Å²) in [5, 5.41) is 0. The quantitative estimate of drug-likeness (QED) is 0.459. The van der Waals surface area contributed by atoms with Crippen molar-refractivity contribution in [1.29, 1.82) is 0 Å². The van der Waals surface area contributed by atoms with Gasteiger partial charge in [0.15, 0.2) is 0 Å². The van der Waals surface area contributed by atoms with Crippen LogP contribution < -0.4 is 0 Å². The van der Waals surface area contributed by atoms with Crippen LogP contribution in [0.25, 0.3) is 0 Å². The van der Waals surface area contributed by atoms with Gasteiger partial charge in [-0.1, -0.05) is 18.2 Å². The zero-order valence-electron chi connectivity index (χ0n) is 13.1. The van der Waals surface area contributed by atoms with Crippen molar-refractivity contribution in [3.63, 3.8) is 0 Å². The Morgan fingerprint density at radius 3 is 2.68 bits per heavy atom. The molecule has 0 saturated carbocycles. The van der Waals surface area contributed by atoms with Gasteiger partial charge in [0.2, 0.25) is 0 Å². The largest absolute Gasteiger partial charge is 0.466 e. The molecule has 0 aromatic carbocycles. The van der Waals surface area contributed by atoms with Crippen LogP contribution in [-0.2, 0) is 9.53 Å². The third-order valence-corrected chi connectivity index (χ3v) is 3.58. The van der Waals surface area contributed by atoms with Crippen molar-refractivity contribution in [3.05, 3.63) is 35.7 Å². The van der Waals surface area contributed by atoms with Gasteiger partial charge in [0.1, 0.15) is 5.83 Å². The second-order valence-electron chi connectivity index (χ2n) is 5.63. The average Bonchev–Trinajstić information content (AvgIpc) is 2.40. The van der Waals surface area contributed by atoms with Gasteiger partial charge in [-0.3, -0.25) is 4.79 Å². The fourth-order valence-electron chi connectivity index (χ4n) is 2.30. The molecule has 1 unspecified atom stereocenters. The van der Waals surface area contributed by atoms with Gasteiger partial charge in [0, 0.05) is 12.3 Å². The van der Waals surface area contributed by atoms with Crippen molar-refractivity contribution in [2.75, 3.05) is 6.61 Å². The SMILES string of the molecule is C=C(CCCC(=O)OCC)CC1=CCC(C(C)(F)F)C=C1F. The highest BCUT2D eigenvalue weighted by molar-refractivity contribution is 5.69. The number of allylic oxidation sites excluding steroid dienone is 5. The summed E-state index contributed by atoms with van der Waals surface area (Å²) in [6.45, 7) is 6.76. The average molecular weight is 316 g/mol. The molecule has 1 aliphatic carbocycles. The van der Waals surface area contributed by atoms with E-state index < -0.39 is 17.7 Å². The first-order valence-corrected chi connectivity index (χ1v) is 7.50. The molecule has 0 saturated heterocycles. The number of carbonyl (C=O) groups excluding carboxylic acids is 1. The van der Waals surface area contributed by atoms with Gasteiger partial charge in [-0.2, -0.15) is 0 Å². The number of carbonyl (C=O) groups is 1. The minimum Gasteiger partial charge on any atom is -0.466 e. The molecule has 0 heterocycles. The zero-order chi connectivity index (χ0) is 16.8.